The second-order valence-corrected chi connectivity index (χ2v) is 8.15. The van der Waals surface area contributed by atoms with E-state index in [0.29, 0.717) is 12.4 Å². The Morgan fingerprint density at radius 3 is 2.38 bits per heavy atom. The van der Waals surface area contributed by atoms with Crippen LogP contribution in [0, 0.1) is 5.82 Å². The Kier molecular flexibility index (Phi) is 5.60. The third-order valence-electron chi connectivity index (χ3n) is 4.24. The Bertz CT molecular complexity index is 837. The van der Waals surface area contributed by atoms with Crippen molar-refractivity contribution in [1.82, 2.24) is 4.31 Å². The van der Waals surface area contributed by atoms with Crippen LogP contribution >= 0.6 is 0 Å². The lowest BCUT2D eigenvalue weighted by atomic mass is 10.1. The third-order valence-corrected chi connectivity index (χ3v) is 6.09. The minimum atomic E-state index is -3.65. The van der Waals surface area contributed by atoms with Gasteiger partial charge in [0.15, 0.2) is 0 Å². The van der Waals surface area contributed by atoms with Crippen molar-refractivity contribution >= 4 is 10.0 Å². The van der Waals surface area contributed by atoms with Crippen LogP contribution in [0.4, 0.5) is 4.39 Å². The normalized spacial score (nSPS) is 21.5. The number of ether oxygens (including phenoxy) is 2. The van der Waals surface area contributed by atoms with E-state index in [2.05, 4.69) is 0 Å². The van der Waals surface area contributed by atoms with Gasteiger partial charge in [0, 0.05) is 13.1 Å². The minimum absolute atomic E-state index is 0.186. The Morgan fingerprint density at radius 2 is 1.77 bits per heavy atom. The van der Waals surface area contributed by atoms with Gasteiger partial charge in [-0.1, -0.05) is 12.1 Å². The maximum Gasteiger partial charge on any atom is 0.243 e. The molecule has 1 fully saturated rings. The smallest absolute Gasteiger partial charge is 0.243 e. The molecule has 2 atom stereocenters. The number of nitrogens with zero attached hydrogens (tertiary/aromatic N) is 1. The molecule has 2 unspecified atom stereocenters. The first kappa shape index (κ1) is 18.8. The number of hydrogen-bond acceptors (Lipinski definition) is 4. The van der Waals surface area contributed by atoms with Crippen LogP contribution in [0.25, 0.3) is 0 Å². The van der Waals surface area contributed by atoms with Crippen LogP contribution in [0.2, 0.25) is 0 Å². The highest BCUT2D eigenvalue weighted by atomic mass is 32.2. The highest BCUT2D eigenvalue weighted by molar-refractivity contribution is 7.89. The first-order valence-electron chi connectivity index (χ1n) is 8.54. The molecule has 140 valence electrons. The van der Waals surface area contributed by atoms with Gasteiger partial charge in [-0.25, -0.2) is 12.8 Å². The maximum atomic E-state index is 13.1. The molecule has 1 saturated heterocycles. The highest BCUT2D eigenvalue weighted by Gasteiger charge is 2.34. The van der Waals surface area contributed by atoms with Crippen LogP contribution in [0.5, 0.6) is 5.75 Å². The predicted octanol–water partition coefficient (Wildman–Crippen LogP) is 3.38. The lowest BCUT2D eigenvalue weighted by molar-refractivity contribution is -0.0557. The molecule has 0 N–H and O–H groups in total. The molecule has 1 aliphatic rings. The average molecular weight is 379 g/mol. The molecule has 0 bridgehead atoms. The van der Waals surface area contributed by atoms with Crippen LogP contribution < -0.4 is 4.74 Å². The molecule has 1 aliphatic heterocycles. The number of halogens is 1. The zero-order valence-corrected chi connectivity index (χ0v) is 15.6. The Hall–Kier alpha value is -1.96. The van der Waals surface area contributed by atoms with Crippen LogP contribution in [0.3, 0.4) is 0 Å². The van der Waals surface area contributed by atoms with E-state index in [4.69, 9.17) is 9.47 Å². The van der Waals surface area contributed by atoms with Crippen LogP contribution in [0.1, 0.15) is 25.5 Å². The van der Waals surface area contributed by atoms with Crippen molar-refractivity contribution in [2.75, 3.05) is 19.7 Å². The van der Waals surface area contributed by atoms with Crippen molar-refractivity contribution < 1.29 is 22.3 Å². The first-order chi connectivity index (χ1) is 12.4. The van der Waals surface area contributed by atoms with Gasteiger partial charge in [-0.2, -0.15) is 4.31 Å². The predicted molar refractivity (Wildman–Crippen MR) is 96.1 cm³/mol. The van der Waals surface area contributed by atoms with Gasteiger partial charge < -0.3 is 9.47 Å². The number of hydrogen-bond donors (Lipinski definition) is 0. The van der Waals surface area contributed by atoms with Gasteiger partial charge in [0.2, 0.25) is 10.0 Å². The Labute approximate surface area is 153 Å². The minimum Gasteiger partial charge on any atom is -0.494 e. The summed E-state index contributed by atoms with van der Waals surface area (Å²) in [4.78, 5) is 0.216. The van der Waals surface area contributed by atoms with Gasteiger partial charge in [-0.15, -0.1) is 0 Å². The summed E-state index contributed by atoms with van der Waals surface area (Å²) >= 11 is 0. The second-order valence-electron chi connectivity index (χ2n) is 6.21. The van der Waals surface area contributed by atoms with Gasteiger partial charge in [0.05, 0.1) is 23.7 Å². The van der Waals surface area contributed by atoms with Gasteiger partial charge in [-0.05, 0) is 55.8 Å². The molecule has 0 aliphatic carbocycles. The summed E-state index contributed by atoms with van der Waals surface area (Å²) in [6, 6.07) is 12.3. The van der Waals surface area contributed by atoms with Crippen molar-refractivity contribution in [3.63, 3.8) is 0 Å². The van der Waals surface area contributed by atoms with E-state index in [0.717, 1.165) is 5.56 Å². The molecule has 0 radical (unpaired) electrons. The largest absolute Gasteiger partial charge is 0.494 e. The van der Waals surface area contributed by atoms with E-state index in [1.165, 1.54) is 16.4 Å². The number of rotatable bonds is 5. The number of benzene rings is 2. The fraction of sp³-hybridized carbons (Fsp3) is 0.368. The van der Waals surface area contributed by atoms with Crippen molar-refractivity contribution in [3.8, 4) is 5.75 Å². The van der Waals surface area contributed by atoms with Gasteiger partial charge in [-0.3, -0.25) is 0 Å². The lowest BCUT2D eigenvalue weighted by Crippen LogP contribution is -2.45. The summed E-state index contributed by atoms with van der Waals surface area (Å²) in [5.41, 5.74) is 0.754. The molecule has 2 aromatic rings. The highest BCUT2D eigenvalue weighted by Crippen LogP contribution is 2.29. The number of sulfonamides is 1. The van der Waals surface area contributed by atoms with E-state index in [-0.39, 0.29) is 29.9 Å². The van der Waals surface area contributed by atoms with E-state index >= 15 is 0 Å². The quantitative estimate of drug-likeness (QED) is 0.799. The molecule has 1 heterocycles. The van der Waals surface area contributed by atoms with Gasteiger partial charge in [0.25, 0.3) is 0 Å². The van der Waals surface area contributed by atoms with Gasteiger partial charge in [0.1, 0.15) is 11.6 Å². The van der Waals surface area contributed by atoms with E-state index < -0.39 is 16.1 Å². The Morgan fingerprint density at radius 1 is 1.12 bits per heavy atom. The molecule has 5 nitrogen and oxygen atoms in total. The van der Waals surface area contributed by atoms with E-state index in [1.807, 2.05) is 13.8 Å². The van der Waals surface area contributed by atoms with Crippen LogP contribution in [0.15, 0.2) is 53.4 Å². The molecule has 0 saturated carbocycles. The summed E-state index contributed by atoms with van der Waals surface area (Å²) < 4.78 is 51.8. The number of morpholine rings is 1. The van der Waals surface area contributed by atoms with E-state index in [9.17, 15) is 12.8 Å². The molecular weight excluding hydrogens is 357 g/mol. The summed E-state index contributed by atoms with van der Waals surface area (Å²) in [5.74, 6) is 0.294. The molecule has 7 heteroatoms. The standard InChI is InChI=1S/C19H22FNO4S/c1-3-24-17-8-10-18(11-9-17)26(22,23)21-12-14(2)25-19(13-21)15-4-6-16(20)7-5-15/h4-11,14,19H,3,12-13H2,1-2H3. The molecule has 2 aromatic carbocycles. The zero-order valence-electron chi connectivity index (χ0n) is 14.8. The van der Waals surface area contributed by atoms with Crippen LogP contribution in [-0.2, 0) is 14.8 Å². The monoisotopic (exact) mass is 379 g/mol. The SMILES string of the molecule is CCOc1ccc(S(=O)(=O)N2CC(C)OC(c3ccc(F)cc3)C2)cc1. The van der Waals surface area contributed by atoms with E-state index in [1.54, 1.807) is 36.4 Å². The lowest BCUT2D eigenvalue weighted by Gasteiger charge is -2.36. The maximum absolute atomic E-state index is 13.1. The second kappa shape index (κ2) is 7.73. The van der Waals surface area contributed by atoms with Crippen LogP contribution in [-0.4, -0.2) is 38.5 Å². The zero-order chi connectivity index (χ0) is 18.7. The van der Waals surface area contributed by atoms with Crippen molar-refractivity contribution in [3.05, 3.63) is 59.9 Å². The molecule has 0 spiro atoms. The van der Waals surface area contributed by atoms with Crippen molar-refractivity contribution in [2.45, 2.75) is 31.0 Å². The van der Waals surface area contributed by atoms with Gasteiger partial charge >= 0.3 is 0 Å². The molecule has 0 aromatic heterocycles. The molecule has 3 rings (SSSR count). The molecular formula is C19H22FNO4S. The fourth-order valence-electron chi connectivity index (χ4n) is 2.99. The third kappa shape index (κ3) is 4.06. The summed E-state index contributed by atoms with van der Waals surface area (Å²) in [7, 11) is -3.65. The summed E-state index contributed by atoms with van der Waals surface area (Å²) in [5, 5.41) is 0. The molecule has 0 amide bonds. The van der Waals surface area contributed by atoms with Crippen molar-refractivity contribution in [2.24, 2.45) is 0 Å². The van der Waals surface area contributed by atoms with Crippen molar-refractivity contribution in [1.29, 1.82) is 0 Å². The average Bonchev–Trinajstić information content (AvgIpc) is 2.62. The Balaban J connectivity index is 1.83. The summed E-state index contributed by atoms with van der Waals surface area (Å²) in [6.07, 6.45) is -0.701. The fourth-order valence-corrected chi connectivity index (χ4v) is 4.51. The molecule has 26 heavy (non-hydrogen) atoms. The summed E-state index contributed by atoms with van der Waals surface area (Å²) in [6.45, 7) is 4.68. The topological polar surface area (TPSA) is 55.8 Å². The first-order valence-corrected chi connectivity index (χ1v) is 9.98.